The first-order valence-electron chi connectivity index (χ1n) is 8.73. The van der Waals surface area contributed by atoms with Crippen LogP contribution in [0.1, 0.15) is 58.3 Å². The summed E-state index contributed by atoms with van der Waals surface area (Å²) in [6, 6.07) is 0. The van der Waals surface area contributed by atoms with Crippen molar-refractivity contribution in [2.75, 3.05) is 0 Å². The van der Waals surface area contributed by atoms with Crippen LogP contribution in [0.2, 0.25) is 0 Å². The van der Waals surface area contributed by atoms with Crippen molar-refractivity contribution in [3.63, 3.8) is 0 Å². The van der Waals surface area contributed by atoms with Gasteiger partial charge in [-0.3, -0.25) is 4.79 Å². The molecular formula is C17H31NO7. The molecule has 1 amide bonds. The van der Waals surface area contributed by atoms with Crippen molar-refractivity contribution >= 4 is 11.9 Å². The van der Waals surface area contributed by atoms with Gasteiger partial charge < -0.3 is 30.8 Å². The molecule has 0 unspecified atom stereocenters. The van der Waals surface area contributed by atoms with Gasteiger partial charge in [-0.2, -0.15) is 0 Å². The minimum absolute atomic E-state index is 0.757. The molecule has 0 aromatic carbocycles. The number of rotatable bonds is 14. The zero-order valence-electron chi connectivity index (χ0n) is 14.7. The Morgan fingerprint density at radius 2 is 1.40 bits per heavy atom. The van der Waals surface area contributed by atoms with Crippen LogP contribution in [0, 0.1) is 0 Å². The van der Waals surface area contributed by atoms with Crippen molar-refractivity contribution in [3.8, 4) is 0 Å². The largest absolute Gasteiger partial charge is 0.479 e. The molecule has 6 N–H and O–H groups in total. The molecule has 0 rings (SSSR count). The van der Waals surface area contributed by atoms with E-state index in [4.69, 9.17) is 10.2 Å². The predicted molar refractivity (Wildman–Crippen MR) is 91.6 cm³/mol. The molecule has 0 saturated carbocycles. The van der Waals surface area contributed by atoms with Crippen LogP contribution >= 0.6 is 0 Å². The van der Waals surface area contributed by atoms with Gasteiger partial charge in [-0.05, 0) is 19.0 Å². The lowest BCUT2D eigenvalue weighted by atomic mass is 10.0. The van der Waals surface area contributed by atoms with Gasteiger partial charge in [0.15, 0.2) is 12.2 Å². The summed E-state index contributed by atoms with van der Waals surface area (Å²) in [5.74, 6) is -2.77. The highest BCUT2D eigenvalue weighted by Gasteiger charge is 2.37. The van der Waals surface area contributed by atoms with Crippen LogP contribution in [0.25, 0.3) is 0 Å². The first-order chi connectivity index (χ1) is 11.8. The van der Waals surface area contributed by atoms with Crippen LogP contribution in [-0.4, -0.2) is 61.8 Å². The van der Waals surface area contributed by atoms with E-state index in [1.54, 1.807) is 6.08 Å². The molecule has 0 aliphatic carbocycles. The van der Waals surface area contributed by atoms with Crippen molar-refractivity contribution in [2.24, 2.45) is 0 Å². The van der Waals surface area contributed by atoms with Gasteiger partial charge in [0.2, 0.25) is 0 Å². The molecule has 0 fully saturated rings. The summed E-state index contributed by atoms with van der Waals surface area (Å²) in [5.41, 5.74) is 0. The average molecular weight is 361 g/mol. The van der Waals surface area contributed by atoms with Crippen LogP contribution in [0.3, 0.4) is 0 Å². The van der Waals surface area contributed by atoms with Gasteiger partial charge in [0.05, 0.1) is 0 Å². The van der Waals surface area contributed by atoms with Gasteiger partial charge >= 0.3 is 5.97 Å². The fourth-order valence-corrected chi connectivity index (χ4v) is 2.20. The molecule has 4 atom stereocenters. The average Bonchev–Trinajstić information content (AvgIpc) is 2.60. The molecule has 8 heteroatoms. The van der Waals surface area contributed by atoms with Crippen LogP contribution in [0.5, 0.6) is 0 Å². The van der Waals surface area contributed by atoms with E-state index in [1.165, 1.54) is 38.3 Å². The van der Waals surface area contributed by atoms with E-state index in [1.807, 2.05) is 0 Å². The van der Waals surface area contributed by atoms with Crippen LogP contribution < -0.4 is 5.32 Å². The maximum Gasteiger partial charge on any atom is 0.335 e. The summed E-state index contributed by atoms with van der Waals surface area (Å²) in [4.78, 5) is 22.1. The first-order valence-corrected chi connectivity index (χ1v) is 8.73. The number of hydrogen-bond donors (Lipinski definition) is 6. The zero-order valence-corrected chi connectivity index (χ0v) is 14.7. The quantitative estimate of drug-likeness (QED) is 0.244. The topological polar surface area (TPSA) is 147 Å². The van der Waals surface area contributed by atoms with E-state index in [0.29, 0.717) is 0 Å². The lowest BCUT2D eigenvalue weighted by molar-refractivity contribution is -0.166. The second-order valence-corrected chi connectivity index (χ2v) is 6.03. The summed E-state index contributed by atoms with van der Waals surface area (Å²) in [6.07, 6.45) is 3.34. The van der Waals surface area contributed by atoms with Crippen molar-refractivity contribution in [3.05, 3.63) is 12.3 Å². The van der Waals surface area contributed by atoms with E-state index in [2.05, 4.69) is 12.2 Å². The van der Waals surface area contributed by atoms with Crippen molar-refractivity contribution in [1.82, 2.24) is 5.32 Å². The van der Waals surface area contributed by atoms with Gasteiger partial charge in [-0.15, -0.1) is 0 Å². The number of unbranched alkanes of at least 4 members (excludes halogenated alkanes) is 7. The summed E-state index contributed by atoms with van der Waals surface area (Å²) in [6.45, 7) is 2.17. The van der Waals surface area contributed by atoms with Crippen LogP contribution in [-0.2, 0) is 9.59 Å². The van der Waals surface area contributed by atoms with Crippen molar-refractivity contribution in [1.29, 1.82) is 0 Å². The second kappa shape index (κ2) is 13.8. The molecular weight excluding hydrogens is 330 g/mol. The molecule has 8 nitrogen and oxygen atoms in total. The number of carboxylic acids is 1. The second-order valence-electron chi connectivity index (χ2n) is 6.03. The summed E-state index contributed by atoms with van der Waals surface area (Å²) < 4.78 is 0. The number of aliphatic carboxylic acids is 1. The lowest BCUT2D eigenvalue weighted by Gasteiger charge is -2.23. The van der Waals surface area contributed by atoms with Gasteiger partial charge in [0, 0.05) is 0 Å². The van der Waals surface area contributed by atoms with E-state index in [9.17, 15) is 24.9 Å². The molecule has 0 heterocycles. The molecule has 0 radical (unpaired) electrons. The number of carboxylic acid groups (broad SMARTS) is 1. The van der Waals surface area contributed by atoms with Crippen molar-refractivity contribution < 1.29 is 35.1 Å². The summed E-state index contributed by atoms with van der Waals surface area (Å²) >= 11 is 0. The molecule has 0 aliphatic heterocycles. The fourth-order valence-electron chi connectivity index (χ4n) is 2.20. The minimum Gasteiger partial charge on any atom is -0.479 e. The Balaban J connectivity index is 3.98. The fraction of sp³-hybridized carbons (Fsp3) is 0.765. The number of carbonyl (C=O) groups excluding carboxylic acids is 1. The SMILES string of the molecule is CCCCCCCCCC=CNC(=O)[C@@H](O)[C@H](O)[C@@H](O)[C@@H](O)C(=O)O. The molecule has 0 aliphatic rings. The number of nitrogens with one attached hydrogen (secondary N) is 1. The Bertz CT molecular complexity index is 414. The van der Waals surface area contributed by atoms with Crippen molar-refractivity contribution in [2.45, 2.75) is 82.7 Å². The smallest absolute Gasteiger partial charge is 0.335 e. The monoisotopic (exact) mass is 361 g/mol. The Morgan fingerprint density at radius 1 is 0.880 bits per heavy atom. The van der Waals surface area contributed by atoms with E-state index < -0.39 is 36.3 Å². The van der Waals surface area contributed by atoms with Gasteiger partial charge in [-0.25, -0.2) is 4.79 Å². The number of aliphatic hydroxyl groups is 4. The maximum absolute atomic E-state index is 11.6. The minimum atomic E-state index is -2.30. The van der Waals surface area contributed by atoms with E-state index in [0.717, 1.165) is 19.3 Å². The Hall–Kier alpha value is -1.48. The predicted octanol–water partition coefficient (Wildman–Crippen LogP) is 0.285. The Morgan fingerprint density at radius 3 is 1.96 bits per heavy atom. The third-order valence-electron chi connectivity index (χ3n) is 3.84. The van der Waals surface area contributed by atoms with Gasteiger partial charge in [-0.1, -0.05) is 51.5 Å². The number of amides is 1. The Labute approximate surface area is 148 Å². The highest BCUT2D eigenvalue weighted by Crippen LogP contribution is 2.09. The third-order valence-corrected chi connectivity index (χ3v) is 3.84. The van der Waals surface area contributed by atoms with Gasteiger partial charge in [0.1, 0.15) is 12.2 Å². The highest BCUT2D eigenvalue weighted by molar-refractivity contribution is 5.82. The van der Waals surface area contributed by atoms with E-state index >= 15 is 0 Å². The molecule has 25 heavy (non-hydrogen) atoms. The number of aliphatic hydroxyl groups excluding tert-OH is 4. The Kier molecular flexibility index (Phi) is 13.0. The maximum atomic E-state index is 11.6. The molecule has 146 valence electrons. The first kappa shape index (κ1) is 23.5. The summed E-state index contributed by atoms with van der Waals surface area (Å²) in [5, 5.41) is 48.3. The number of carbonyl (C=O) groups is 2. The van der Waals surface area contributed by atoms with Crippen LogP contribution in [0.15, 0.2) is 12.3 Å². The normalized spacial score (nSPS) is 16.4. The third kappa shape index (κ3) is 10.2. The van der Waals surface area contributed by atoms with Crippen LogP contribution in [0.4, 0.5) is 0 Å². The molecule has 0 spiro atoms. The summed E-state index contributed by atoms with van der Waals surface area (Å²) in [7, 11) is 0. The van der Waals surface area contributed by atoms with E-state index in [-0.39, 0.29) is 0 Å². The molecule has 0 aromatic rings. The van der Waals surface area contributed by atoms with Gasteiger partial charge in [0.25, 0.3) is 5.91 Å². The lowest BCUT2D eigenvalue weighted by Crippen LogP contribution is -2.52. The zero-order chi connectivity index (χ0) is 19.2. The number of hydrogen-bond acceptors (Lipinski definition) is 6. The standard InChI is InChI=1S/C17H31NO7/c1-2-3-4-5-6-7-8-9-10-11-18-16(23)14(21)12(19)13(20)15(22)17(24)25/h10-15,19-22H,2-9H2,1H3,(H,18,23)(H,24,25)/t12-,13-,14+,15-/m1/s1. The molecule has 0 saturated heterocycles. The highest BCUT2D eigenvalue weighted by atomic mass is 16.4. The molecule has 0 bridgehead atoms. The number of allylic oxidation sites excluding steroid dienone is 1. The molecule has 0 aromatic heterocycles.